The molecule has 5 heteroatoms. The van der Waals surface area contributed by atoms with Crippen molar-refractivity contribution in [2.24, 2.45) is 11.8 Å². The average Bonchev–Trinajstić information content (AvgIpc) is 2.88. The maximum absolute atomic E-state index is 12.1. The summed E-state index contributed by atoms with van der Waals surface area (Å²) in [6.07, 6.45) is 17.2. The van der Waals surface area contributed by atoms with Crippen molar-refractivity contribution in [2.75, 3.05) is 0 Å². The van der Waals surface area contributed by atoms with Crippen molar-refractivity contribution in [3.8, 4) is 0 Å². The number of hydrogen-bond donors (Lipinski definition) is 3. The fraction of sp³-hybridized carbons (Fsp3) is 0.545. The Hall–Kier alpha value is -1.98. The molecule has 27 heavy (non-hydrogen) atoms. The van der Waals surface area contributed by atoms with Gasteiger partial charge in [-0.05, 0) is 32.1 Å². The number of aliphatic hydroxyl groups is 2. The summed E-state index contributed by atoms with van der Waals surface area (Å²) in [5.74, 6) is -1.28. The third-order valence-electron chi connectivity index (χ3n) is 4.59. The highest BCUT2D eigenvalue weighted by Crippen LogP contribution is 2.33. The van der Waals surface area contributed by atoms with E-state index in [0.717, 1.165) is 6.42 Å². The zero-order valence-corrected chi connectivity index (χ0v) is 16.0. The van der Waals surface area contributed by atoms with E-state index in [1.165, 1.54) is 0 Å². The first-order valence-corrected chi connectivity index (χ1v) is 9.69. The Morgan fingerprint density at radius 3 is 2.63 bits per heavy atom. The van der Waals surface area contributed by atoms with Crippen LogP contribution in [0.3, 0.4) is 0 Å². The van der Waals surface area contributed by atoms with Gasteiger partial charge in [0.25, 0.3) is 0 Å². The topological polar surface area (TPSA) is 94.8 Å². The predicted molar refractivity (Wildman–Crippen MR) is 106 cm³/mol. The van der Waals surface area contributed by atoms with E-state index in [1.54, 1.807) is 12.2 Å². The summed E-state index contributed by atoms with van der Waals surface area (Å²) in [6.45, 7) is 2.03. The largest absolute Gasteiger partial charge is 0.481 e. The molecule has 1 aliphatic rings. The number of allylic oxidation sites excluding steroid dienone is 5. The molecule has 0 spiro atoms. The summed E-state index contributed by atoms with van der Waals surface area (Å²) in [7, 11) is 0. The van der Waals surface area contributed by atoms with Crippen LogP contribution in [0, 0.1) is 11.8 Å². The fourth-order valence-corrected chi connectivity index (χ4v) is 3.10. The number of ketones is 1. The summed E-state index contributed by atoms with van der Waals surface area (Å²) in [5.41, 5.74) is 0. The van der Waals surface area contributed by atoms with Gasteiger partial charge in [0.15, 0.2) is 0 Å². The molecule has 1 fully saturated rings. The zero-order valence-electron chi connectivity index (χ0n) is 16.0. The number of carbonyl (C=O) groups excluding carboxylic acids is 1. The SMILES string of the molecule is CC/C=C\C[C@H](O)/C=C/[C@H]1[C@H](O)CC(=O)[C@@H]1C/C=C\C/C=C\CCC(=O)O. The lowest BCUT2D eigenvalue weighted by atomic mass is 9.90. The van der Waals surface area contributed by atoms with E-state index in [0.29, 0.717) is 25.7 Å². The Morgan fingerprint density at radius 1 is 1.19 bits per heavy atom. The number of aliphatic hydroxyl groups excluding tert-OH is 2. The molecular formula is C22H32O5. The molecule has 1 saturated carbocycles. The average molecular weight is 376 g/mol. The van der Waals surface area contributed by atoms with Gasteiger partial charge in [-0.25, -0.2) is 0 Å². The second-order valence-electron chi connectivity index (χ2n) is 6.84. The van der Waals surface area contributed by atoms with Gasteiger partial charge >= 0.3 is 5.97 Å². The lowest BCUT2D eigenvalue weighted by Crippen LogP contribution is -2.18. The summed E-state index contributed by atoms with van der Waals surface area (Å²) < 4.78 is 0. The van der Waals surface area contributed by atoms with Crippen LogP contribution in [0.1, 0.15) is 51.9 Å². The first-order valence-electron chi connectivity index (χ1n) is 9.69. The molecule has 3 N–H and O–H groups in total. The van der Waals surface area contributed by atoms with Gasteiger partial charge in [-0.2, -0.15) is 0 Å². The number of Topliss-reactive ketones (excluding diaryl/α,β-unsaturated/α-hetero) is 1. The summed E-state index contributed by atoms with van der Waals surface area (Å²) in [6, 6.07) is 0. The Bertz CT molecular complexity index is 573. The molecule has 0 aromatic heterocycles. The van der Waals surface area contributed by atoms with E-state index in [-0.39, 0.29) is 30.5 Å². The Labute approximate surface area is 161 Å². The number of hydrogen-bond acceptors (Lipinski definition) is 4. The minimum Gasteiger partial charge on any atom is -0.481 e. The van der Waals surface area contributed by atoms with Gasteiger partial charge in [-0.1, -0.05) is 55.5 Å². The van der Waals surface area contributed by atoms with Crippen molar-refractivity contribution < 1.29 is 24.9 Å². The molecule has 0 saturated heterocycles. The molecule has 0 bridgehead atoms. The Kier molecular flexibility index (Phi) is 11.3. The van der Waals surface area contributed by atoms with E-state index < -0.39 is 18.2 Å². The van der Waals surface area contributed by atoms with E-state index in [9.17, 15) is 19.8 Å². The number of aliphatic carboxylic acids is 1. The van der Waals surface area contributed by atoms with Gasteiger partial charge in [0, 0.05) is 24.7 Å². The quantitative estimate of drug-likeness (QED) is 0.453. The minimum absolute atomic E-state index is 0.0548. The third-order valence-corrected chi connectivity index (χ3v) is 4.59. The van der Waals surface area contributed by atoms with Crippen LogP contribution in [0.25, 0.3) is 0 Å². The van der Waals surface area contributed by atoms with Gasteiger partial charge < -0.3 is 15.3 Å². The van der Waals surface area contributed by atoms with Crippen molar-refractivity contribution in [2.45, 2.75) is 64.1 Å². The minimum atomic E-state index is -0.806. The highest BCUT2D eigenvalue weighted by Gasteiger charge is 2.39. The zero-order chi connectivity index (χ0) is 20.1. The second kappa shape index (κ2) is 13.2. The van der Waals surface area contributed by atoms with Crippen molar-refractivity contribution >= 4 is 11.8 Å². The summed E-state index contributed by atoms with van der Waals surface area (Å²) in [5, 5.41) is 28.7. The standard InChI is InChI=1S/C22H32O5/c1-2-3-8-11-17(23)14-15-19-18(20(24)16-21(19)25)12-9-6-4-5-7-10-13-22(26)27/h3,5-9,14-15,17-19,21,23,25H,2,4,10-13,16H2,1H3,(H,26,27)/b7-5-,8-3-,9-6-,15-14+/t17-,18+,19+,21+/m0/s1. The van der Waals surface area contributed by atoms with Crippen LogP contribution in [0.5, 0.6) is 0 Å². The Balaban J connectivity index is 2.48. The number of carboxylic acids is 1. The van der Waals surface area contributed by atoms with Crippen LogP contribution >= 0.6 is 0 Å². The number of rotatable bonds is 12. The van der Waals surface area contributed by atoms with Gasteiger partial charge in [-0.15, -0.1) is 0 Å². The maximum atomic E-state index is 12.1. The molecular weight excluding hydrogens is 344 g/mol. The molecule has 5 nitrogen and oxygen atoms in total. The van der Waals surface area contributed by atoms with E-state index in [1.807, 2.05) is 43.4 Å². The lowest BCUT2D eigenvalue weighted by Gasteiger charge is -2.16. The Morgan fingerprint density at radius 2 is 1.93 bits per heavy atom. The smallest absolute Gasteiger partial charge is 0.303 e. The lowest BCUT2D eigenvalue weighted by molar-refractivity contribution is -0.136. The number of carbonyl (C=O) groups is 2. The van der Waals surface area contributed by atoms with E-state index >= 15 is 0 Å². The van der Waals surface area contributed by atoms with Gasteiger partial charge in [-0.3, -0.25) is 9.59 Å². The maximum Gasteiger partial charge on any atom is 0.303 e. The van der Waals surface area contributed by atoms with Crippen LogP contribution in [0.15, 0.2) is 48.6 Å². The van der Waals surface area contributed by atoms with Gasteiger partial charge in [0.1, 0.15) is 5.78 Å². The normalized spacial score (nSPS) is 24.9. The summed E-state index contributed by atoms with van der Waals surface area (Å²) in [4.78, 5) is 22.6. The molecule has 1 rings (SSSR count). The molecule has 0 heterocycles. The molecule has 4 atom stereocenters. The molecule has 0 aromatic carbocycles. The molecule has 1 aliphatic carbocycles. The van der Waals surface area contributed by atoms with Crippen molar-refractivity contribution in [1.29, 1.82) is 0 Å². The van der Waals surface area contributed by atoms with Gasteiger partial charge in [0.2, 0.25) is 0 Å². The first-order chi connectivity index (χ1) is 13.0. The first kappa shape index (κ1) is 23.1. The van der Waals surface area contributed by atoms with Gasteiger partial charge in [0.05, 0.1) is 12.2 Å². The fourth-order valence-electron chi connectivity index (χ4n) is 3.10. The molecule has 0 aliphatic heterocycles. The second-order valence-corrected chi connectivity index (χ2v) is 6.84. The predicted octanol–water partition coefficient (Wildman–Crippen LogP) is 3.58. The molecule has 0 radical (unpaired) electrons. The monoisotopic (exact) mass is 376 g/mol. The highest BCUT2D eigenvalue weighted by atomic mass is 16.4. The van der Waals surface area contributed by atoms with E-state index in [2.05, 4.69) is 0 Å². The van der Waals surface area contributed by atoms with Crippen LogP contribution < -0.4 is 0 Å². The molecule has 0 amide bonds. The van der Waals surface area contributed by atoms with Crippen molar-refractivity contribution in [3.63, 3.8) is 0 Å². The molecule has 150 valence electrons. The molecule has 0 unspecified atom stereocenters. The highest BCUT2D eigenvalue weighted by molar-refractivity contribution is 5.84. The van der Waals surface area contributed by atoms with Crippen LogP contribution in [-0.4, -0.2) is 39.3 Å². The van der Waals surface area contributed by atoms with Crippen molar-refractivity contribution in [3.05, 3.63) is 48.6 Å². The molecule has 0 aromatic rings. The van der Waals surface area contributed by atoms with Crippen LogP contribution in [0.2, 0.25) is 0 Å². The third kappa shape index (κ3) is 9.50. The number of carboxylic acid groups (broad SMARTS) is 1. The summed E-state index contributed by atoms with van der Waals surface area (Å²) >= 11 is 0. The van der Waals surface area contributed by atoms with E-state index in [4.69, 9.17) is 5.11 Å². The van der Waals surface area contributed by atoms with Crippen LogP contribution in [-0.2, 0) is 9.59 Å². The van der Waals surface area contributed by atoms with Crippen molar-refractivity contribution in [1.82, 2.24) is 0 Å². The van der Waals surface area contributed by atoms with Crippen LogP contribution in [0.4, 0.5) is 0 Å².